The van der Waals surface area contributed by atoms with Crippen LogP contribution in [0.15, 0.2) is 59.5 Å². The van der Waals surface area contributed by atoms with Crippen LogP contribution in [0.3, 0.4) is 0 Å². The van der Waals surface area contributed by atoms with Crippen molar-refractivity contribution in [2.24, 2.45) is 0 Å². The topological polar surface area (TPSA) is 55.4 Å². The number of hydrogen-bond donors (Lipinski definition) is 1. The number of anilines is 1. The number of methoxy groups -OCH3 is 1. The molecule has 26 heavy (non-hydrogen) atoms. The first-order valence-corrected chi connectivity index (χ1v) is 10.0. The lowest BCUT2D eigenvalue weighted by molar-refractivity contribution is 0.415. The predicted octanol–water partition coefficient (Wildman–Crippen LogP) is 5.08. The number of hydrogen-bond acceptors (Lipinski definition) is 3. The van der Waals surface area contributed by atoms with Crippen LogP contribution in [-0.4, -0.2) is 15.5 Å². The van der Waals surface area contributed by atoms with E-state index in [9.17, 15) is 8.42 Å². The van der Waals surface area contributed by atoms with Crippen molar-refractivity contribution in [3.05, 3.63) is 65.7 Å². The van der Waals surface area contributed by atoms with Crippen molar-refractivity contribution >= 4 is 26.5 Å². The number of aryl methyl sites for hydroxylation is 1. The average molecular weight is 369 g/mol. The Kier molecular flexibility index (Phi) is 4.92. The van der Waals surface area contributed by atoms with E-state index >= 15 is 0 Å². The zero-order chi connectivity index (χ0) is 18.9. The van der Waals surface area contributed by atoms with Crippen LogP contribution >= 0.6 is 0 Å². The number of para-hydroxylation sites is 1. The van der Waals surface area contributed by atoms with Gasteiger partial charge in [0.25, 0.3) is 10.0 Å². The van der Waals surface area contributed by atoms with Gasteiger partial charge in [0.05, 0.1) is 17.7 Å². The smallest absolute Gasteiger partial charge is 0.261 e. The van der Waals surface area contributed by atoms with E-state index in [1.807, 2.05) is 43.3 Å². The molecule has 0 radical (unpaired) electrons. The van der Waals surface area contributed by atoms with Crippen molar-refractivity contribution in [2.45, 2.75) is 31.6 Å². The highest BCUT2D eigenvalue weighted by Gasteiger charge is 2.19. The molecule has 0 atom stereocenters. The van der Waals surface area contributed by atoms with Gasteiger partial charge in [0, 0.05) is 0 Å². The van der Waals surface area contributed by atoms with Gasteiger partial charge in [-0.1, -0.05) is 44.2 Å². The molecule has 0 saturated heterocycles. The molecule has 0 saturated carbocycles. The lowest BCUT2D eigenvalue weighted by Gasteiger charge is -2.17. The van der Waals surface area contributed by atoms with Gasteiger partial charge in [-0.15, -0.1) is 0 Å². The van der Waals surface area contributed by atoms with Gasteiger partial charge in [-0.3, -0.25) is 4.72 Å². The van der Waals surface area contributed by atoms with Crippen LogP contribution in [0.1, 0.15) is 30.9 Å². The molecule has 5 heteroatoms. The molecular weight excluding hydrogens is 346 g/mol. The second-order valence-corrected chi connectivity index (χ2v) is 8.36. The molecule has 0 fully saturated rings. The molecule has 0 heterocycles. The van der Waals surface area contributed by atoms with E-state index in [1.165, 1.54) is 0 Å². The Labute approximate surface area is 154 Å². The Morgan fingerprint density at radius 2 is 1.65 bits per heavy atom. The lowest BCUT2D eigenvalue weighted by atomic mass is 9.99. The minimum absolute atomic E-state index is 0.219. The summed E-state index contributed by atoms with van der Waals surface area (Å²) >= 11 is 0. The molecule has 3 aromatic carbocycles. The zero-order valence-corrected chi connectivity index (χ0v) is 16.2. The lowest BCUT2D eigenvalue weighted by Crippen LogP contribution is -2.15. The van der Waals surface area contributed by atoms with E-state index in [-0.39, 0.29) is 10.8 Å². The Hall–Kier alpha value is -2.53. The first-order chi connectivity index (χ1) is 12.3. The van der Waals surface area contributed by atoms with E-state index < -0.39 is 10.0 Å². The Morgan fingerprint density at radius 1 is 0.962 bits per heavy atom. The van der Waals surface area contributed by atoms with Crippen molar-refractivity contribution in [3.63, 3.8) is 0 Å². The molecule has 0 aliphatic rings. The number of fused-ring (bicyclic) bond motifs is 1. The molecule has 0 amide bonds. The van der Waals surface area contributed by atoms with Crippen LogP contribution in [-0.2, 0) is 10.0 Å². The standard InChI is InChI=1S/C21H23NO3S/c1-14(2)20-7-5-6-15(3)21(20)22-26(23,24)19-11-9-16-12-18(25-4)10-8-17(16)13-19/h5-14,22H,1-4H3. The minimum atomic E-state index is -3.68. The van der Waals surface area contributed by atoms with Crippen LogP contribution in [0, 0.1) is 6.92 Å². The van der Waals surface area contributed by atoms with Crippen LogP contribution in [0.5, 0.6) is 5.75 Å². The maximum Gasteiger partial charge on any atom is 0.261 e. The van der Waals surface area contributed by atoms with Gasteiger partial charge in [0.2, 0.25) is 0 Å². The highest BCUT2D eigenvalue weighted by molar-refractivity contribution is 7.92. The van der Waals surface area contributed by atoms with Crippen molar-refractivity contribution in [3.8, 4) is 5.75 Å². The molecule has 0 unspecified atom stereocenters. The Morgan fingerprint density at radius 3 is 2.35 bits per heavy atom. The number of benzene rings is 3. The number of ether oxygens (including phenoxy) is 1. The van der Waals surface area contributed by atoms with Gasteiger partial charge in [-0.2, -0.15) is 0 Å². The molecule has 0 aliphatic carbocycles. The predicted molar refractivity (Wildman–Crippen MR) is 107 cm³/mol. The summed E-state index contributed by atoms with van der Waals surface area (Å²) in [6.45, 7) is 6.02. The third-order valence-electron chi connectivity index (χ3n) is 4.49. The van der Waals surface area contributed by atoms with Gasteiger partial charge in [-0.05, 0) is 59.0 Å². The third kappa shape index (κ3) is 3.53. The quantitative estimate of drug-likeness (QED) is 0.682. The molecule has 0 spiro atoms. The summed E-state index contributed by atoms with van der Waals surface area (Å²) in [6.07, 6.45) is 0. The maximum absolute atomic E-state index is 13.0. The second kappa shape index (κ2) is 7.00. The zero-order valence-electron chi connectivity index (χ0n) is 15.4. The SMILES string of the molecule is COc1ccc2cc(S(=O)(=O)Nc3c(C)cccc3C(C)C)ccc2c1. The van der Waals surface area contributed by atoms with E-state index in [4.69, 9.17) is 4.74 Å². The molecule has 0 aliphatic heterocycles. The summed E-state index contributed by atoms with van der Waals surface area (Å²) < 4.78 is 33.9. The van der Waals surface area contributed by atoms with Gasteiger partial charge in [0.1, 0.15) is 5.75 Å². The van der Waals surface area contributed by atoms with Gasteiger partial charge < -0.3 is 4.74 Å². The average Bonchev–Trinajstić information content (AvgIpc) is 2.62. The second-order valence-electron chi connectivity index (χ2n) is 6.67. The fourth-order valence-corrected chi connectivity index (χ4v) is 4.20. The third-order valence-corrected chi connectivity index (χ3v) is 5.84. The van der Waals surface area contributed by atoms with E-state index in [2.05, 4.69) is 18.6 Å². The van der Waals surface area contributed by atoms with Crippen molar-refractivity contribution in [1.82, 2.24) is 0 Å². The van der Waals surface area contributed by atoms with Crippen molar-refractivity contribution < 1.29 is 13.2 Å². The molecule has 0 bridgehead atoms. The molecule has 136 valence electrons. The van der Waals surface area contributed by atoms with E-state index in [1.54, 1.807) is 25.3 Å². The monoisotopic (exact) mass is 369 g/mol. The van der Waals surface area contributed by atoms with Crippen LogP contribution in [0.25, 0.3) is 10.8 Å². The first-order valence-electron chi connectivity index (χ1n) is 8.52. The summed E-state index contributed by atoms with van der Waals surface area (Å²) in [6, 6.07) is 16.5. The summed E-state index contributed by atoms with van der Waals surface area (Å²) in [5.74, 6) is 0.962. The maximum atomic E-state index is 13.0. The Balaban J connectivity index is 2.03. The molecular formula is C21H23NO3S. The van der Waals surface area contributed by atoms with E-state index in [0.717, 1.165) is 27.6 Å². The van der Waals surface area contributed by atoms with Gasteiger partial charge >= 0.3 is 0 Å². The van der Waals surface area contributed by atoms with Crippen LogP contribution < -0.4 is 9.46 Å². The van der Waals surface area contributed by atoms with Crippen LogP contribution in [0.4, 0.5) is 5.69 Å². The number of nitrogens with one attached hydrogen (secondary N) is 1. The molecule has 4 nitrogen and oxygen atoms in total. The molecule has 3 aromatic rings. The van der Waals surface area contributed by atoms with Gasteiger partial charge in [0.15, 0.2) is 0 Å². The van der Waals surface area contributed by atoms with Crippen molar-refractivity contribution in [2.75, 3.05) is 11.8 Å². The summed E-state index contributed by atoms with van der Waals surface area (Å²) in [4.78, 5) is 0.244. The molecule has 3 rings (SSSR count). The highest BCUT2D eigenvalue weighted by atomic mass is 32.2. The van der Waals surface area contributed by atoms with Crippen LogP contribution in [0.2, 0.25) is 0 Å². The fourth-order valence-electron chi connectivity index (χ4n) is 3.00. The summed E-state index contributed by atoms with van der Waals surface area (Å²) in [7, 11) is -2.07. The molecule has 1 N–H and O–H groups in total. The highest BCUT2D eigenvalue weighted by Crippen LogP contribution is 2.30. The first kappa shape index (κ1) is 18.3. The number of sulfonamides is 1. The molecule has 0 aromatic heterocycles. The minimum Gasteiger partial charge on any atom is -0.497 e. The largest absolute Gasteiger partial charge is 0.497 e. The summed E-state index contributed by atoms with van der Waals surface area (Å²) in [5.41, 5.74) is 2.56. The normalized spacial score (nSPS) is 11.7. The van der Waals surface area contributed by atoms with Crippen molar-refractivity contribution in [1.29, 1.82) is 0 Å². The van der Waals surface area contributed by atoms with E-state index in [0.29, 0.717) is 5.69 Å². The summed E-state index contributed by atoms with van der Waals surface area (Å²) in [5, 5.41) is 1.78. The fraction of sp³-hybridized carbons (Fsp3) is 0.238. The Bertz CT molecular complexity index is 1060. The van der Waals surface area contributed by atoms with Gasteiger partial charge in [-0.25, -0.2) is 8.42 Å². The number of rotatable bonds is 5.